The predicted octanol–water partition coefficient (Wildman–Crippen LogP) is 12.1. The van der Waals surface area contributed by atoms with Gasteiger partial charge in [-0.05, 0) is 12.8 Å². The molecule has 0 N–H and O–H groups in total. The van der Waals surface area contributed by atoms with E-state index in [1.54, 1.807) is 7.11 Å². The molecule has 0 bridgehead atoms. The van der Waals surface area contributed by atoms with E-state index in [0.29, 0.717) is 0 Å². The van der Waals surface area contributed by atoms with E-state index in [1.807, 2.05) is 0 Å². The van der Waals surface area contributed by atoms with Gasteiger partial charge in [-0.1, -0.05) is 174 Å². The van der Waals surface area contributed by atoms with Gasteiger partial charge in [0.1, 0.15) is 0 Å². The van der Waals surface area contributed by atoms with Crippen molar-refractivity contribution in [2.75, 3.05) is 20.3 Å². The first-order valence-corrected chi connectivity index (χ1v) is 17.7. The molecule has 3 nitrogen and oxygen atoms in total. The molecule has 2 atom stereocenters. The Bertz CT molecular complexity index is 394. The number of unbranched alkanes of at least 4 members (excludes halogenated alkanes) is 24. The van der Waals surface area contributed by atoms with Gasteiger partial charge in [0.05, 0.1) is 12.7 Å². The molecule has 0 aliphatic rings. The first-order valence-electron chi connectivity index (χ1n) is 16.9. The lowest BCUT2D eigenvalue weighted by atomic mass is 10.0. The number of hydrogen-bond acceptors (Lipinski definition) is 3. The molecule has 0 fully saturated rings. The van der Waals surface area contributed by atoms with Crippen LogP contribution < -0.4 is 0 Å². The largest absolute Gasteiger partial charge is 0.379 e. The Morgan fingerprint density at radius 1 is 0.459 bits per heavy atom. The fourth-order valence-electron chi connectivity index (χ4n) is 5.12. The van der Waals surface area contributed by atoms with Crippen molar-refractivity contribution < 1.29 is 13.8 Å². The van der Waals surface area contributed by atoms with Crippen molar-refractivity contribution in [2.24, 2.45) is 0 Å². The monoisotopic (exact) mass is 544 g/mol. The Balaban J connectivity index is 3.45. The summed E-state index contributed by atoms with van der Waals surface area (Å²) in [6.07, 6.45) is 37.6. The van der Waals surface area contributed by atoms with E-state index in [9.17, 15) is 0 Å². The zero-order valence-corrected chi connectivity index (χ0v) is 26.8. The molecule has 0 aliphatic carbocycles. The van der Waals surface area contributed by atoms with Crippen molar-refractivity contribution in [3.05, 3.63) is 0 Å². The molecule has 37 heavy (non-hydrogen) atoms. The summed E-state index contributed by atoms with van der Waals surface area (Å²) in [4.78, 5) is 0. The van der Waals surface area contributed by atoms with Crippen LogP contribution in [0.1, 0.15) is 187 Å². The van der Waals surface area contributed by atoms with Gasteiger partial charge in [-0.15, -0.1) is 0 Å². The summed E-state index contributed by atoms with van der Waals surface area (Å²) in [5.41, 5.74) is 0. The highest BCUT2D eigenvalue weighted by atomic mass is 31.1. The number of hydrogen-bond donors (Lipinski definition) is 0. The summed E-state index contributed by atoms with van der Waals surface area (Å²) < 4.78 is 17.0. The Morgan fingerprint density at radius 3 is 1.19 bits per heavy atom. The minimum absolute atomic E-state index is 0.137. The third kappa shape index (κ3) is 32.4. The Kier molecular flexibility index (Phi) is 34.6. The SMILES string of the molecule is CCCCCCCCCCCCCCCCOCC(CCCCCCCCCCCCCC)OPOC. The highest BCUT2D eigenvalue weighted by Gasteiger charge is 2.09. The number of rotatable bonds is 33. The maximum absolute atomic E-state index is 5.98. The maximum Gasteiger partial charge on any atom is 0.155 e. The topological polar surface area (TPSA) is 27.7 Å². The van der Waals surface area contributed by atoms with Gasteiger partial charge in [0.25, 0.3) is 0 Å². The van der Waals surface area contributed by atoms with E-state index >= 15 is 0 Å². The predicted molar refractivity (Wildman–Crippen MR) is 167 cm³/mol. The van der Waals surface area contributed by atoms with Crippen LogP contribution in [0.3, 0.4) is 0 Å². The Morgan fingerprint density at radius 2 is 0.811 bits per heavy atom. The lowest BCUT2D eigenvalue weighted by Crippen LogP contribution is -2.17. The van der Waals surface area contributed by atoms with Crippen LogP contribution in [0.4, 0.5) is 0 Å². The fraction of sp³-hybridized carbons (Fsp3) is 1.00. The van der Waals surface area contributed by atoms with Crippen molar-refractivity contribution >= 4 is 9.03 Å². The molecule has 0 saturated carbocycles. The number of ether oxygens (including phenoxy) is 1. The molecular weight excluding hydrogens is 475 g/mol. The highest BCUT2D eigenvalue weighted by molar-refractivity contribution is 7.26. The van der Waals surface area contributed by atoms with Gasteiger partial charge in [-0.2, -0.15) is 0 Å². The molecule has 0 rings (SSSR count). The van der Waals surface area contributed by atoms with E-state index in [2.05, 4.69) is 13.8 Å². The van der Waals surface area contributed by atoms with E-state index in [-0.39, 0.29) is 15.1 Å². The molecule has 0 amide bonds. The second-order valence-corrected chi connectivity index (χ2v) is 12.2. The first kappa shape index (κ1) is 37.3. The molecule has 0 radical (unpaired) electrons. The molecule has 0 spiro atoms. The van der Waals surface area contributed by atoms with E-state index in [0.717, 1.165) is 19.6 Å². The summed E-state index contributed by atoms with van der Waals surface area (Å²) in [7, 11) is 1.85. The van der Waals surface area contributed by atoms with Crippen LogP contribution in [0.15, 0.2) is 0 Å². The minimum atomic E-state index is 0.137. The van der Waals surface area contributed by atoms with Crippen LogP contribution in [0.5, 0.6) is 0 Å². The average Bonchev–Trinajstić information content (AvgIpc) is 2.91. The van der Waals surface area contributed by atoms with Crippen LogP contribution in [0.25, 0.3) is 0 Å². The summed E-state index contributed by atoms with van der Waals surface area (Å²) in [5, 5.41) is 0. The molecule has 0 heterocycles. The van der Waals surface area contributed by atoms with Gasteiger partial charge in [-0.25, -0.2) is 0 Å². The lowest BCUT2D eigenvalue weighted by molar-refractivity contribution is 0.0453. The van der Waals surface area contributed by atoms with Crippen molar-refractivity contribution in [1.82, 2.24) is 0 Å². The summed E-state index contributed by atoms with van der Waals surface area (Å²) in [6.45, 7) is 6.20. The third-order valence-electron chi connectivity index (χ3n) is 7.62. The van der Waals surface area contributed by atoms with Crippen molar-refractivity contribution in [1.29, 1.82) is 0 Å². The van der Waals surface area contributed by atoms with Gasteiger partial charge in [-0.3, -0.25) is 0 Å². The van der Waals surface area contributed by atoms with Gasteiger partial charge >= 0.3 is 0 Å². The molecule has 0 aliphatic heterocycles. The summed E-state index contributed by atoms with van der Waals surface area (Å²) in [5.74, 6) is 0. The summed E-state index contributed by atoms with van der Waals surface area (Å²) in [6, 6.07) is 0. The zero-order valence-electron chi connectivity index (χ0n) is 25.8. The van der Waals surface area contributed by atoms with Crippen LogP contribution >= 0.6 is 9.03 Å². The van der Waals surface area contributed by atoms with Crippen LogP contribution in [0, 0.1) is 0 Å². The van der Waals surface area contributed by atoms with Gasteiger partial charge in [0.2, 0.25) is 0 Å². The first-order chi connectivity index (χ1) is 18.3. The maximum atomic E-state index is 5.98. The van der Waals surface area contributed by atoms with Gasteiger partial charge in [0.15, 0.2) is 9.03 Å². The van der Waals surface area contributed by atoms with Crippen molar-refractivity contribution in [3.8, 4) is 0 Å². The highest BCUT2D eigenvalue weighted by Crippen LogP contribution is 2.20. The molecule has 0 saturated heterocycles. The second-order valence-electron chi connectivity index (χ2n) is 11.4. The standard InChI is InChI=1S/C33H69O3P/c1-4-6-8-10-12-14-16-18-19-21-23-25-27-29-31-35-32-33(36-37-34-3)30-28-26-24-22-20-17-15-13-11-9-7-5-2/h33,37H,4-32H2,1-3H3. The summed E-state index contributed by atoms with van der Waals surface area (Å²) >= 11 is 0. The lowest BCUT2D eigenvalue weighted by Gasteiger charge is -2.17. The van der Waals surface area contributed by atoms with E-state index in [4.69, 9.17) is 13.8 Å². The molecule has 2 unspecified atom stereocenters. The fourth-order valence-corrected chi connectivity index (χ4v) is 5.54. The molecule has 4 heteroatoms. The Hall–Kier alpha value is 0.310. The van der Waals surface area contributed by atoms with Crippen molar-refractivity contribution in [2.45, 2.75) is 193 Å². The molecule has 0 aromatic carbocycles. The van der Waals surface area contributed by atoms with Crippen LogP contribution in [-0.4, -0.2) is 26.4 Å². The minimum Gasteiger partial charge on any atom is -0.379 e. The van der Waals surface area contributed by atoms with E-state index in [1.165, 1.54) is 167 Å². The van der Waals surface area contributed by atoms with Gasteiger partial charge in [0, 0.05) is 13.7 Å². The van der Waals surface area contributed by atoms with Crippen LogP contribution in [-0.2, 0) is 13.8 Å². The average molecular weight is 545 g/mol. The third-order valence-corrected chi connectivity index (χ3v) is 8.22. The normalized spacial score (nSPS) is 12.7. The molecular formula is C33H69O3P. The van der Waals surface area contributed by atoms with Crippen LogP contribution in [0.2, 0.25) is 0 Å². The molecule has 0 aromatic rings. The molecule has 224 valence electrons. The quantitative estimate of drug-likeness (QED) is 0.0607. The second kappa shape index (κ2) is 34.3. The smallest absolute Gasteiger partial charge is 0.155 e. The zero-order chi connectivity index (χ0) is 26.9. The van der Waals surface area contributed by atoms with Gasteiger partial charge < -0.3 is 13.8 Å². The molecule has 0 aromatic heterocycles. The van der Waals surface area contributed by atoms with E-state index < -0.39 is 0 Å². The van der Waals surface area contributed by atoms with Crippen molar-refractivity contribution in [3.63, 3.8) is 0 Å². The Labute approximate surface area is 236 Å².